The minimum atomic E-state index is -1.71. The first-order valence-corrected chi connectivity index (χ1v) is 28.6. The van der Waals surface area contributed by atoms with E-state index in [1.807, 2.05) is 0 Å². The van der Waals surface area contributed by atoms with Crippen LogP contribution in [-0.4, -0.2) is 25.9 Å². The van der Waals surface area contributed by atoms with Gasteiger partial charge in [-0.3, -0.25) is 0 Å². The highest BCUT2D eigenvalue weighted by Crippen LogP contribution is 2.66. The summed E-state index contributed by atoms with van der Waals surface area (Å²) in [6.45, 7) is 27.4. The lowest BCUT2D eigenvalue weighted by atomic mass is 9.33. The number of fused-ring (bicyclic) bond motifs is 10. The summed E-state index contributed by atoms with van der Waals surface area (Å²) < 4.78 is 0. The van der Waals surface area contributed by atoms with Crippen molar-refractivity contribution in [2.45, 2.75) is 154 Å². The number of aryl methyl sites for hydroxylation is 2. The minimum absolute atomic E-state index is 0.0366. The van der Waals surface area contributed by atoms with Gasteiger partial charge in [-0.1, -0.05) is 168 Å². The van der Waals surface area contributed by atoms with Gasteiger partial charge >= 0.3 is 0 Å². The van der Waals surface area contributed by atoms with E-state index in [0.717, 1.165) is 12.8 Å². The fourth-order valence-electron chi connectivity index (χ4n) is 14.6. The van der Waals surface area contributed by atoms with Crippen molar-refractivity contribution in [3.8, 4) is 0 Å². The fraction of sp³-hybridized carbons (Fsp3) is 0.400. The van der Waals surface area contributed by atoms with Crippen LogP contribution in [0.5, 0.6) is 0 Å². The Hall–Kier alpha value is -5.00. The predicted octanol–water partition coefficient (Wildman–Crippen LogP) is 13.3. The lowest BCUT2D eigenvalue weighted by Gasteiger charge is -2.54. The topological polar surface area (TPSA) is 9.72 Å². The minimum Gasteiger partial charge on any atom is -0.335 e. The number of nitrogens with zero attached hydrogens (tertiary/aromatic N) is 3. The summed E-state index contributed by atoms with van der Waals surface area (Å²) in [4.78, 5) is 8.51. The Bertz CT molecular complexity index is 2960. The van der Waals surface area contributed by atoms with Gasteiger partial charge in [0, 0.05) is 50.6 Å². The molecular weight excluding hydrogens is 802 g/mol. The van der Waals surface area contributed by atoms with Crippen LogP contribution in [0.25, 0.3) is 0 Å². The molecule has 6 aliphatic rings. The van der Waals surface area contributed by atoms with Crippen LogP contribution < -0.4 is 36.3 Å². The molecule has 0 spiro atoms. The zero-order chi connectivity index (χ0) is 45.2. The highest BCUT2D eigenvalue weighted by Gasteiger charge is 2.64. The molecule has 5 heteroatoms. The first-order valence-electron chi connectivity index (χ1n) is 25.1. The van der Waals surface area contributed by atoms with Gasteiger partial charge in [-0.05, 0) is 134 Å². The predicted molar refractivity (Wildman–Crippen MR) is 282 cm³/mol. The molecule has 4 atom stereocenters. The Morgan fingerprint density at radius 2 is 1.22 bits per heavy atom. The van der Waals surface area contributed by atoms with Crippen molar-refractivity contribution < 1.29 is 0 Å². The summed E-state index contributed by atoms with van der Waals surface area (Å²) in [5, 5.41) is 1.60. The monoisotopic (exact) mass is 870 g/mol. The number of hydrogen-bond donors (Lipinski definition) is 0. The molecule has 4 unspecified atom stereocenters. The van der Waals surface area contributed by atoms with Crippen LogP contribution in [-0.2, 0) is 16.2 Å². The molecule has 3 nitrogen and oxygen atoms in total. The van der Waals surface area contributed by atoms with E-state index < -0.39 is 8.07 Å². The van der Waals surface area contributed by atoms with Crippen LogP contribution in [0.15, 0.2) is 115 Å². The molecule has 65 heavy (non-hydrogen) atoms. The van der Waals surface area contributed by atoms with Crippen LogP contribution in [0.4, 0.5) is 39.8 Å². The van der Waals surface area contributed by atoms with Crippen molar-refractivity contribution in [3.63, 3.8) is 0 Å². The lowest BCUT2D eigenvalue weighted by Crippen LogP contribution is -2.65. The molecule has 6 aromatic carbocycles. The Morgan fingerprint density at radius 1 is 0.554 bits per heavy atom. The number of benzene rings is 6. The SMILES string of the molecule is Cc1ccc(N2c3ccc(C)cc3B3c4cc([Si](C)(C)C)cc5c4N(c4cc(N6c7ccc(C(C)(C)C)cc7C7(c8ccccc8)CCCCC67C)cc2c43)C2(C)CCCCC52C)cc1. The lowest BCUT2D eigenvalue weighted by molar-refractivity contribution is 0.195. The van der Waals surface area contributed by atoms with E-state index in [-0.39, 0.29) is 34.0 Å². The normalized spacial score (nSPS) is 26.0. The maximum atomic E-state index is 2.96. The molecule has 4 heterocycles. The van der Waals surface area contributed by atoms with Crippen molar-refractivity contribution >= 4 is 76.2 Å². The van der Waals surface area contributed by atoms with Crippen LogP contribution in [0, 0.1) is 13.8 Å². The quantitative estimate of drug-likeness (QED) is 0.163. The van der Waals surface area contributed by atoms with Gasteiger partial charge in [0.1, 0.15) is 0 Å². The molecule has 4 aliphatic heterocycles. The number of anilines is 7. The molecule has 0 saturated heterocycles. The van der Waals surface area contributed by atoms with Crippen molar-refractivity contribution in [1.82, 2.24) is 0 Å². The molecular formula is C60H68BN3Si. The van der Waals surface area contributed by atoms with E-state index in [1.54, 1.807) is 10.8 Å². The maximum absolute atomic E-state index is 2.96. The van der Waals surface area contributed by atoms with Crippen molar-refractivity contribution in [1.29, 1.82) is 0 Å². The van der Waals surface area contributed by atoms with Crippen LogP contribution in [0.1, 0.15) is 126 Å². The molecule has 12 rings (SSSR count). The Kier molecular flexibility index (Phi) is 8.64. The largest absolute Gasteiger partial charge is 0.335 e. The summed E-state index contributed by atoms with van der Waals surface area (Å²) in [5.41, 5.74) is 22.3. The summed E-state index contributed by atoms with van der Waals surface area (Å²) in [6, 6.07) is 46.8. The zero-order valence-electron chi connectivity index (χ0n) is 41.0. The van der Waals surface area contributed by atoms with Gasteiger partial charge in [0.25, 0.3) is 6.71 Å². The van der Waals surface area contributed by atoms with Gasteiger partial charge in [0.2, 0.25) is 0 Å². The van der Waals surface area contributed by atoms with Crippen LogP contribution in [0.3, 0.4) is 0 Å². The summed E-state index contributed by atoms with van der Waals surface area (Å²) in [7, 11) is -1.71. The molecule has 0 aromatic heterocycles. The molecule has 0 amide bonds. The second-order valence-corrected chi connectivity index (χ2v) is 29.1. The first-order chi connectivity index (χ1) is 30.9. The highest BCUT2D eigenvalue weighted by atomic mass is 28.3. The maximum Gasteiger partial charge on any atom is 0.252 e. The van der Waals surface area contributed by atoms with E-state index in [0.29, 0.717) is 0 Å². The molecule has 0 bridgehead atoms. The highest BCUT2D eigenvalue weighted by molar-refractivity contribution is 7.01. The third kappa shape index (κ3) is 5.37. The van der Waals surface area contributed by atoms with Gasteiger partial charge in [0.15, 0.2) is 0 Å². The number of rotatable bonds is 4. The Balaban J connectivity index is 1.22. The standard InChI is InChI=1S/C60H68BN3Si/c1-39-21-25-43(26-22-39)62-51-27-23-40(2)33-48(51)61-49-38-45(65(9,10)11)37-47-55(49)64(58(7)30-16-15-29-57(47,58)6)53-36-44(35-52(62)54(53)61)63-50-28-24-42(56(3,4)5)34-46(50)60(41-19-13-12-14-20-41)32-18-17-31-59(60,63)8/h12-14,19-28,33-38H,15-18,29-32H2,1-11H3. The summed E-state index contributed by atoms with van der Waals surface area (Å²) in [6.07, 6.45) is 9.71. The van der Waals surface area contributed by atoms with E-state index >= 15 is 0 Å². The average molecular weight is 870 g/mol. The van der Waals surface area contributed by atoms with E-state index in [1.165, 1.54) is 123 Å². The van der Waals surface area contributed by atoms with Gasteiger partial charge in [0.05, 0.1) is 19.2 Å². The second kappa shape index (κ2) is 13.6. The van der Waals surface area contributed by atoms with E-state index in [2.05, 4.69) is 205 Å². The van der Waals surface area contributed by atoms with Crippen molar-refractivity contribution in [2.24, 2.45) is 0 Å². The zero-order valence-corrected chi connectivity index (χ0v) is 42.0. The second-order valence-electron chi connectivity index (χ2n) is 24.0. The van der Waals surface area contributed by atoms with Crippen LogP contribution >= 0.6 is 0 Å². The summed E-state index contributed by atoms with van der Waals surface area (Å²) in [5.74, 6) is 0. The molecule has 0 N–H and O–H groups in total. The summed E-state index contributed by atoms with van der Waals surface area (Å²) >= 11 is 0. The first kappa shape index (κ1) is 41.4. The Morgan fingerprint density at radius 3 is 1.94 bits per heavy atom. The third-order valence-corrected chi connectivity index (χ3v) is 20.3. The van der Waals surface area contributed by atoms with Gasteiger partial charge < -0.3 is 14.7 Å². The Labute approximate surface area is 391 Å². The average Bonchev–Trinajstić information content (AvgIpc) is 3.64. The molecule has 330 valence electrons. The van der Waals surface area contributed by atoms with Gasteiger partial charge in [-0.25, -0.2) is 0 Å². The van der Waals surface area contributed by atoms with Crippen molar-refractivity contribution in [3.05, 3.63) is 149 Å². The fourth-order valence-corrected chi connectivity index (χ4v) is 15.8. The van der Waals surface area contributed by atoms with Crippen LogP contribution in [0.2, 0.25) is 19.6 Å². The van der Waals surface area contributed by atoms with Crippen molar-refractivity contribution in [2.75, 3.05) is 14.7 Å². The van der Waals surface area contributed by atoms with Gasteiger partial charge in [-0.2, -0.15) is 0 Å². The molecule has 0 radical (unpaired) electrons. The smallest absolute Gasteiger partial charge is 0.252 e. The van der Waals surface area contributed by atoms with E-state index in [4.69, 9.17) is 0 Å². The van der Waals surface area contributed by atoms with E-state index in [9.17, 15) is 0 Å². The third-order valence-electron chi connectivity index (χ3n) is 18.3. The molecule has 2 saturated carbocycles. The molecule has 2 aliphatic carbocycles. The number of hydrogen-bond acceptors (Lipinski definition) is 3. The molecule has 6 aromatic rings. The van der Waals surface area contributed by atoms with Gasteiger partial charge in [-0.15, -0.1) is 0 Å². The molecule has 2 fully saturated rings.